The van der Waals surface area contributed by atoms with Crippen LogP contribution in [0.4, 0.5) is 0 Å². The zero-order valence-electron chi connectivity index (χ0n) is 9.39. The molecule has 0 spiro atoms. The molecule has 1 rings (SSSR count). The average molecular weight is 253 g/mol. The summed E-state index contributed by atoms with van der Waals surface area (Å²) in [5, 5.41) is 9.02. The molecule has 0 fully saturated rings. The highest BCUT2D eigenvalue weighted by Crippen LogP contribution is 2.30. The molecule has 4 heteroatoms. The van der Waals surface area contributed by atoms with E-state index in [2.05, 4.69) is 6.58 Å². The average Bonchev–Trinajstić information content (AvgIpc) is 2.29. The van der Waals surface area contributed by atoms with Crippen LogP contribution in [0.2, 0.25) is 5.02 Å². The van der Waals surface area contributed by atoms with Crippen molar-refractivity contribution in [3.05, 3.63) is 47.5 Å². The SMILES string of the molecule is C=CC(C)Oc1c(Cl)cccc1/C=C/C(=O)O. The summed E-state index contributed by atoms with van der Waals surface area (Å²) >= 11 is 6.01. The van der Waals surface area contributed by atoms with Crippen LogP contribution in [0, 0.1) is 0 Å². The zero-order valence-corrected chi connectivity index (χ0v) is 10.1. The summed E-state index contributed by atoms with van der Waals surface area (Å²) in [6.45, 7) is 5.43. The van der Waals surface area contributed by atoms with Crippen molar-refractivity contribution in [2.75, 3.05) is 0 Å². The number of para-hydroxylation sites is 1. The summed E-state index contributed by atoms with van der Waals surface area (Å²) < 4.78 is 5.56. The van der Waals surface area contributed by atoms with E-state index in [1.807, 2.05) is 6.92 Å². The lowest BCUT2D eigenvalue weighted by Crippen LogP contribution is -2.08. The van der Waals surface area contributed by atoms with Gasteiger partial charge in [-0.1, -0.05) is 36.4 Å². The molecular weight excluding hydrogens is 240 g/mol. The Hall–Kier alpha value is -1.74. The quantitative estimate of drug-likeness (QED) is 0.645. The van der Waals surface area contributed by atoms with E-state index in [9.17, 15) is 4.79 Å². The first kappa shape index (κ1) is 13.3. The summed E-state index contributed by atoms with van der Waals surface area (Å²) in [5.74, 6) is -0.563. The Balaban J connectivity index is 3.07. The Morgan fingerprint density at radius 3 is 2.88 bits per heavy atom. The van der Waals surface area contributed by atoms with Gasteiger partial charge in [-0.25, -0.2) is 4.79 Å². The normalized spacial score (nSPS) is 12.4. The van der Waals surface area contributed by atoms with Gasteiger partial charge in [0.25, 0.3) is 0 Å². The van der Waals surface area contributed by atoms with E-state index in [0.717, 1.165) is 6.08 Å². The second kappa shape index (κ2) is 6.11. The van der Waals surface area contributed by atoms with Crippen molar-refractivity contribution in [3.63, 3.8) is 0 Å². The van der Waals surface area contributed by atoms with E-state index in [0.29, 0.717) is 16.3 Å². The summed E-state index contributed by atoms with van der Waals surface area (Å²) in [7, 11) is 0. The molecule has 1 atom stereocenters. The molecule has 90 valence electrons. The first-order valence-electron chi connectivity index (χ1n) is 5.03. The van der Waals surface area contributed by atoms with Gasteiger partial charge in [-0.05, 0) is 19.1 Å². The van der Waals surface area contributed by atoms with E-state index >= 15 is 0 Å². The lowest BCUT2D eigenvalue weighted by Gasteiger charge is -2.14. The fraction of sp³-hybridized carbons (Fsp3) is 0.154. The van der Waals surface area contributed by atoms with Gasteiger partial charge in [0.15, 0.2) is 0 Å². The smallest absolute Gasteiger partial charge is 0.328 e. The lowest BCUT2D eigenvalue weighted by molar-refractivity contribution is -0.131. The van der Waals surface area contributed by atoms with Crippen molar-refractivity contribution in [2.24, 2.45) is 0 Å². The van der Waals surface area contributed by atoms with Gasteiger partial charge < -0.3 is 9.84 Å². The minimum atomic E-state index is -1.02. The van der Waals surface area contributed by atoms with Crippen molar-refractivity contribution < 1.29 is 14.6 Å². The highest BCUT2D eigenvalue weighted by Gasteiger charge is 2.08. The van der Waals surface area contributed by atoms with Gasteiger partial charge in [0.05, 0.1) is 5.02 Å². The van der Waals surface area contributed by atoms with Crippen molar-refractivity contribution >= 4 is 23.6 Å². The van der Waals surface area contributed by atoms with Gasteiger partial charge in [-0.3, -0.25) is 0 Å². The van der Waals surface area contributed by atoms with Gasteiger partial charge in [-0.15, -0.1) is 0 Å². The highest BCUT2D eigenvalue weighted by atomic mass is 35.5. The molecule has 0 heterocycles. The molecule has 0 aliphatic rings. The highest BCUT2D eigenvalue weighted by molar-refractivity contribution is 6.32. The van der Waals surface area contributed by atoms with Gasteiger partial charge in [0.2, 0.25) is 0 Å². The lowest BCUT2D eigenvalue weighted by atomic mass is 10.2. The van der Waals surface area contributed by atoms with E-state index in [4.69, 9.17) is 21.4 Å². The molecular formula is C13H13ClO3. The maximum atomic E-state index is 10.5. The number of rotatable bonds is 5. The zero-order chi connectivity index (χ0) is 12.8. The molecule has 0 saturated heterocycles. The van der Waals surface area contributed by atoms with Crippen molar-refractivity contribution in [3.8, 4) is 5.75 Å². The van der Waals surface area contributed by atoms with Crippen LogP contribution in [-0.2, 0) is 4.79 Å². The predicted molar refractivity (Wildman–Crippen MR) is 68.4 cm³/mol. The first-order valence-corrected chi connectivity index (χ1v) is 5.41. The molecule has 0 saturated carbocycles. The van der Waals surface area contributed by atoms with Crippen LogP contribution >= 0.6 is 11.6 Å². The molecule has 0 amide bonds. The number of aliphatic carboxylic acids is 1. The third kappa shape index (κ3) is 3.96. The number of hydrogen-bond donors (Lipinski definition) is 1. The second-order valence-electron chi connectivity index (χ2n) is 3.39. The molecule has 1 N–H and O–H groups in total. The van der Waals surface area contributed by atoms with Crippen molar-refractivity contribution in [1.82, 2.24) is 0 Å². The third-order valence-electron chi connectivity index (χ3n) is 2.04. The summed E-state index contributed by atoms with van der Waals surface area (Å²) in [6.07, 6.45) is 3.91. The van der Waals surface area contributed by atoms with Crippen molar-refractivity contribution in [2.45, 2.75) is 13.0 Å². The van der Waals surface area contributed by atoms with Crippen LogP contribution in [0.25, 0.3) is 6.08 Å². The molecule has 3 nitrogen and oxygen atoms in total. The summed E-state index contributed by atoms with van der Waals surface area (Å²) in [4.78, 5) is 10.5. The van der Waals surface area contributed by atoms with Crippen LogP contribution in [0.5, 0.6) is 5.75 Å². The van der Waals surface area contributed by atoms with Crippen LogP contribution in [0.15, 0.2) is 36.9 Å². The molecule has 1 aromatic rings. The minimum absolute atomic E-state index is 0.202. The van der Waals surface area contributed by atoms with Gasteiger partial charge >= 0.3 is 5.97 Å². The number of carbonyl (C=O) groups is 1. The second-order valence-corrected chi connectivity index (χ2v) is 3.80. The van der Waals surface area contributed by atoms with Crippen LogP contribution in [-0.4, -0.2) is 17.2 Å². The third-order valence-corrected chi connectivity index (χ3v) is 2.34. The number of carboxylic acid groups (broad SMARTS) is 1. The number of ether oxygens (including phenoxy) is 1. The van der Waals surface area contributed by atoms with Gasteiger partial charge in [-0.2, -0.15) is 0 Å². The topological polar surface area (TPSA) is 46.5 Å². The number of hydrogen-bond acceptors (Lipinski definition) is 2. The standard InChI is InChI=1S/C13H13ClO3/c1-3-9(2)17-13-10(7-8-12(15)16)5-4-6-11(13)14/h3-9H,1H2,2H3,(H,15,16)/b8-7+. The predicted octanol–water partition coefficient (Wildman–Crippen LogP) is 3.39. The Bertz CT molecular complexity index is 452. The van der Waals surface area contributed by atoms with E-state index < -0.39 is 5.97 Å². The number of benzene rings is 1. The Morgan fingerprint density at radius 1 is 1.59 bits per heavy atom. The van der Waals surface area contributed by atoms with Crippen LogP contribution < -0.4 is 4.74 Å². The molecule has 0 aliphatic heterocycles. The maximum Gasteiger partial charge on any atom is 0.328 e. The first-order chi connectivity index (χ1) is 8.04. The monoisotopic (exact) mass is 252 g/mol. The summed E-state index contributed by atoms with van der Waals surface area (Å²) in [5.41, 5.74) is 0.619. The largest absolute Gasteiger partial charge is 0.484 e. The molecule has 0 radical (unpaired) electrons. The van der Waals surface area contributed by atoms with Gasteiger partial charge in [0, 0.05) is 11.6 Å². The maximum absolute atomic E-state index is 10.5. The Morgan fingerprint density at radius 2 is 2.29 bits per heavy atom. The number of halogens is 1. The van der Waals surface area contributed by atoms with Crippen molar-refractivity contribution in [1.29, 1.82) is 0 Å². The van der Waals surface area contributed by atoms with Crippen LogP contribution in [0.1, 0.15) is 12.5 Å². The molecule has 0 aromatic heterocycles. The Kier molecular flexibility index (Phi) is 4.79. The van der Waals surface area contributed by atoms with Gasteiger partial charge in [0.1, 0.15) is 11.9 Å². The fourth-order valence-corrected chi connectivity index (χ4v) is 1.40. The molecule has 0 bridgehead atoms. The fourth-order valence-electron chi connectivity index (χ4n) is 1.18. The van der Waals surface area contributed by atoms with E-state index in [-0.39, 0.29) is 6.10 Å². The summed E-state index contributed by atoms with van der Waals surface area (Å²) in [6, 6.07) is 5.15. The molecule has 1 unspecified atom stereocenters. The van der Waals surface area contributed by atoms with E-state index in [1.54, 1.807) is 24.3 Å². The minimum Gasteiger partial charge on any atom is -0.484 e. The molecule has 1 aromatic carbocycles. The number of carboxylic acids is 1. The van der Waals surface area contributed by atoms with Crippen LogP contribution in [0.3, 0.4) is 0 Å². The molecule has 0 aliphatic carbocycles. The molecule has 17 heavy (non-hydrogen) atoms. The van der Waals surface area contributed by atoms with E-state index in [1.165, 1.54) is 6.08 Å². The Labute approximate surface area is 105 Å².